The van der Waals surface area contributed by atoms with Crippen LogP contribution in [0.2, 0.25) is 5.02 Å². The van der Waals surface area contributed by atoms with E-state index in [1.807, 2.05) is 54.6 Å². The van der Waals surface area contributed by atoms with Gasteiger partial charge in [0.1, 0.15) is 0 Å². The number of halogens is 1. The molecule has 20 heavy (non-hydrogen) atoms. The SMILES string of the molecule is OC(Cc1ccc(Cl)cc1)c1cccc2ncccc12. The molecule has 0 amide bonds. The molecule has 100 valence electrons. The molecule has 0 saturated heterocycles. The van der Waals surface area contributed by atoms with Crippen LogP contribution >= 0.6 is 11.6 Å². The zero-order valence-corrected chi connectivity index (χ0v) is 11.6. The minimum absolute atomic E-state index is 0.552. The second kappa shape index (κ2) is 5.61. The lowest BCUT2D eigenvalue weighted by molar-refractivity contribution is 0.180. The van der Waals surface area contributed by atoms with Crippen LogP contribution in [0, 0.1) is 0 Å². The van der Waals surface area contributed by atoms with Crippen molar-refractivity contribution in [2.24, 2.45) is 0 Å². The van der Waals surface area contributed by atoms with Crippen LogP contribution in [0.4, 0.5) is 0 Å². The first-order chi connectivity index (χ1) is 9.74. The first kappa shape index (κ1) is 13.1. The van der Waals surface area contributed by atoms with Gasteiger partial charge >= 0.3 is 0 Å². The molecule has 1 atom stereocenters. The Bertz CT molecular complexity index is 719. The molecule has 0 aliphatic heterocycles. The van der Waals surface area contributed by atoms with E-state index in [9.17, 15) is 5.11 Å². The number of hydrogen-bond donors (Lipinski definition) is 1. The third-order valence-corrected chi connectivity index (χ3v) is 3.63. The van der Waals surface area contributed by atoms with E-state index < -0.39 is 6.10 Å². The Morgan fingerprint density at radius 2 is 1.80 bits per heavy atom. The molecule has 0 fully saturated rings. The van der Waals surface area contributed by atoms with Crippen molar-refractivity contribution in [2.75, 3.05) is 0 Å². The molecular formula is C17H14ClNO. The highest BCUT2D eigenvalue weighted by Crippen LogP contribution is 2.26. The third kappa shape index (κ3) is 2.67. The Morgan fingerprint density at radius 3 is 2.60 bits per heavy atom. The summed E-state index contributed by atoms with van der Waals surface area (Å²) in [4.78, 5) is 4.31. The van der Waals surface area contributed by atoms with Crippen molar-refractivity contribution >= 4 is 22.5 Å². The minimum atomic E-state index is -0.552. The highest BCUT2D eigenvalue weighted by molar-refractivity contribution is 6.30. The van der Waals surface area contributed by atoms with E-state index in [0.29, 0.717) is 11.4 Å². The molecule has 3 aromatic rings. The predicted octanol–water partition coefficient (Wildman–Crippen LogP) is 4.16. The number of aliphatic hydroxyl groups excluding tert-OH is 1. The van der Waals surface area contributed by atoms with E-state index in [1.165, 1.54) is 0 Å². The first-order valence-corrected chi connectivity index (χ1v) is 6.88. The zero-order valence-electron chi connectivity index (χ0n) is 10.8. The molecule has 1 N–H and O–H groups in total. The van der Waals surface area contributed by atoms with Crippen molar-refractivity contribution < 1.29 is 5.11 Å². The summed E-state index contributed by atoms with van der Waals surface area (Å²) in [5.74, 6) is 0. The number of nitrogens with zero attached hydrogens (tertiary/aromatic N) is 1. The molecule has 1 aromatic heterocycles. The summed E-state index contributed by atoms with van der Waals surface area (Å²) < 4.78 is 0. The van der Waals surface area contributed by atoms with Gasteiger partial charge in [0.15, 0.2) is 0 Å². The molecule has 0 spiro atoms. The van der Waals surface area contributed by atoms with Gasteiger partial charge in [0.25, 0.3) is 0 Å². The van der Waals surface area contributed by atoms with Gasteiger partial charge in [0.05, 0.1) is 11.6 Å². The third-order valence-electron chi connectivity index (χ3n) is 3.38. The van der Waals surface area contributed by atoms with Gasteiger partial charge in [0, 0.05) is 23.0 Å². The maximum Gasteiger partial charge on any atom is 0.0836 e. The summed E-state index contributed by atoms with van der Waals surface area (Å²) in [6, 6.07) is 17.3. The Kier molecular flexibility index (Phi) is 3.68. The topological polar surface area (TPSA) is 33.1 Å². The van der Waals surface area contributed by atoms with Gasteiger partial charge in [-0.15, -0.1) is 0 Å². The molecule has 0 aliphatic carbocycles. The molecule has 0 radical (unpaired) electrons. The summed E-state index contributed by atoms with van der Waals surface area (Å²) in [6.45, 7) is 0. The number of aromatic nitrogens is 1. The normalized spacial score (nSPS) is 12.5. The number of rotatable bonds is 3. The Hall–Kier alpha value is -1.90. The monoisotopic (exact) mass is 283 g/mol. The Labute approximate surface area is 122 Å². The molecule has 1 unspecified atom stereocenters. The molecule has 0 bridgehead atoms. The number of fused-ring (bicyclic) bond motifs is 1. The molecular weight excluding hydrogens is 270 g/mol. The summed E-state index contributed by atoms with van der Waals surface area (Å²) in [6.07, 6.45) is 1.77. The van der Waals surface area contributed by atoms with Crippen molar-refractivity contribution in [3.05, 3.63) is 76.9 Å². The summed E-state index contributed by atoms with van der Waals surface area (Å²) in [7, 11) is 0. The van der Waals surface area contributed by atoms with E-state index in [4.69, 9.17) is 11.6 Å². The van der Waals surface area contributed by atoms with E-state index in [2.05, 4.69) is 4.98 Å². The van der Waals surface area contributed by atoms with Gasteiger partial charge in [-0.25, -0.2) is 0 Å². The quantitative estimate of drug-likeness (QED) is 0.783. The van der Waals surface area contributed by atoms with Crippen molar-refractivity contribution in [1.29, 1.82) is 0 Å². The van der Waals surface area contributed by atoms with Crippen LogP contribution in [0.1, 0.15) is 17.2 Å². The van der Waals surface area contributed by atoms with E-state index >= 15 is 0 Å². The lowest BCUT2D eigenvalue weighted by atomic mass is 9.98. The number of pyridine rings is 1. The van der Waals surface area contributed by atoms with Crippen LogP contribution in [0.3, 0.4) is 0 Å². The zero-order chi connectivity index (χ0) is 13.9. The standard InChI is InChI=1S/C17H14ClNO/c18-13-8-6-12(7-9-13)11-17(20)15-3-1-5-16-14(15)4-2-10-19-16/h1-10,17,20H,11H2. The summed E-state index contributed by atoms with van der Waals surface area (Å²) in [5, 5.41) is 12.2. The average Bonchev–Trinajstić information content (AvgIpc) is 2.49. The van der Waals surface area contributed by atoms with E-state index in [1.54, 1.807) is 6.20 Å². The highest BCUT2D eigenvalue weighted by Gasteiger charge is 2.12. The lowest BCUT2D eigenvalue weighted by Crippen LogP contribution is -2.02. The van der Waals surface area contributed by atoms with Crippen LogP contribution in [0.15, 0.2) is 60.8 Å². The predicted molar refractivity (Wildman–Crippen MR) is 81.9 cm³/mol. The van der Waals surface area contributed by atoms with Crippen molar-refractivity contribution in [1.82, 2.24) is 4.98 Å². The summed E-state index contributed by atoms with van der Waals surface area (Å²) in [5.41, 5.74) is 2.87. The van der Waals surface area contributed by atoms with Crippen molar-refractivity contribution in [3.63, 3.8) is 0 Å². The summed E-state index contributed by atoms with van der Waals surface area (Å²) >= 11 is 5.87. The number of hydrogen-bond acceptors (Lipinski definition) is 2. The molecule has 3 rings (SSSR count). The fourth-order valence-electron chi connectivity index (χ4n) is 2.37. The maximum absolute atomic E-state index is 10.5. The first-order valence-electron chi connectivity index (χ1n) is 6.50. The minimum Gasteiger partial charge on any atom is -0.388 e. The second-order valence-electron chi connectivity index (χ2n) is 4.76. The van der Waals surface area contributed by atoms with Gasteiger partial charge in [-0.2, -0.15) is 0 Å². The van der Waals surface area contributed by atoms with Gasteiger partial charge in [-0.3, -0.25) is 4.98 Å². The maximum atomic E-state index is 10.5. The van der Waals surface area contributed by atoms with Crippen molar-refractivity contribution in [3.8, 4) is 0 Å². The van der Waals surface area contributed by atoms with Crippen LogP contribution < -0.4 is 0 Å². The van der Waals surface area contributed by atoms with Crippen LogP contribution in [-0.4, -0.2) is 10.1 Å². The molecule has 0 aliphatic rings. The fourth-order valence-corrected chi connectivity index (χ4v) is 2.50. The van der Waals surface area contributed by atoms with Crippen LogP contribution in [0.25, 0.3) is 10.9 Å². The smallest absolute Gasteiger partial charge is 0.0836 e. The Balaban J connectivity index is 1.92. The molecule has 0 saturated carbocycles. The second-order valence-corrected chi connectivity index (χ2v) is 5.20. The lowest BCUT2D eigenvalue weighted by Gasteiger charge is -2.13. The van der Waals surface area contributed by atoms with Gasteiger partial charge in [-0.1, -0.05) is 41.9 Å². The van der Waals surface area contributed by atoms with Crippen LogP contribution in [-0.2, 0) is 6.42 Å². The average molecular weight is 284 g/mol. The van der Waals surface area contributed by atoms with Gasteiger partial charge in [0.2, 0.25) is 0 Å². The van der Waals surface area contributed by atoms with E-state index in [0.717, 1.165) is 22.0 Å². The molecule has 2 nitrogen and oxygen atoms in total. The van der Waals surface area contributed by atoms with Crippen molar-refractivity contribution in [2.45, 2.75) is 12.5 Å². The fraction of sp³-hybridized carbons (Fsp3) is 0.118. The van der Waals surface area contributed by atoms with Gasteiger partial charge in [-0.05, 0) is 35.4 Å². The van der Waals surface area contributed by atoms with Crippen LogP contribution in [0.5, 0.6) is 0 Å². The highest BCUT2D eigenvalue weighted by atomic mass is 35.5. The van der Waals surface area contributed by atoms with E-state index in [-0.39, 0.29) is 0 Å². The Morgan fingerprint density at radius 1 is 1.00 bits per heavy atom. The number of benzene rings is 2. The molecule has 3 heteroatoms. The van der Waals surface area contributed by atoms with Gasteiger partial charge < -0.3 is 5.11 Å². The number of aliphatic hydroxyl groups is 1. The largest absolute Gasteiger partial charge is 0.388 e. The molecule has 1 heterocycles. The molecule has 2 aromatic carbocycles.